The molecule has 1 aliphatic rings. The summed E-state index contributed by atoms with van der Waals surface area (Å²) in [5.41, 5.74) is 3.04. The van der Waals surface area contributed by atoms with Crippen molar-refractivity contribution in [3.05, 3.63) is 40.7 Å². The van der Waals surface area contributed by atoms with Gasteiger partial charge in [0.15, 0.2) is 11.5 Å². The zero-order valence-electron chi connectivity index (χ0n) is 14.3. The van der Waals surface area contributed by atoms with Gasteiger partial charge in [-0.3, -0.25) is 9.48 Å². The van der Waals surface area contributed by atoms with Gasteiger partial charge in [0.25, 0.3) is 5.91 Å². The summed E-state index contributed by atoms with van der Waals surface area (Å²) < 4.78 is 12.4. The van der Waals surface area contributed by atoms with Gasteiger partial charge in [0.1, 0.15) is 11.6 Å². The maximum Gasteiger partial charge on any atom is 0.266 e. The van der Waals surface area contributed by atoms with Gasteiger partial charge in [-0.2, -0.15) is 10.4 Å². The van der Waals surface area contributed by atoms with E-state index in [0.29, 0.717) is 17.2 Å². The second-order valence-corrected chi connectivity index (χ2v) is 5.59. The molecule has 7 heteroatoms. The number of anilines is 1. The van der Waals surface area contributed by atoms with Crippen LogP contribution in [0, 0.1) is 25.2 Å². The van der Waals surface area contributed by atoms with Crippen LogP contribution in [0.25, 0.3) is 6.08 Å². The van der Waals surface area contributed by atoms with E-state index in [2.05, 4.69) is 10.4 Å². The Labute approximate surface area is 145 Å². The summed E-state index contributed by atoms with van der Waals surface area (Å²) in [6.45, 7) is 6.65. The number of rotatable bonds is 4. The highest BCUT2D eigenvalue weighted by molar-refractivity contribution is 6.09. The number of nitrogens with zero attached hydrogens (tertiary/aromatic N) is 3. The molecular formula is C18H18N4O3. The lowest BCUT2D eigenvalue weighted by Gasteiger charge is -2.05. The summed E-state index contributed by atoms with van der Waals surface area (Å²) in [6.07, 6.45) is 1.58. The van der Waals surface area contributed by atoms with E-state index in [9.17, 15) is 10.1 Å². The fourth-order valence-electron chi connectivity index (χ4n) is 2.69. The van der Waals surface area contributed by atoms with Crippen LogP contribution < -0.4 is 14.8 Å². The molecule has 1 aliphatic heterocycles. The number of benzene rings is 1. The Hall–Kier alpha value is -3.27. The van der Waals surface area contributed by atoms with E-state index in [1.807, 2.05) is 31.5 Å². The number of carbonyl (C=O) groups excluding carboxylic acids is 1. The summed E-state index contributed by atoms with van der Waals surface area (Å²) >= 11 is 0. The molecule has 2 aromatic rings. The van der Waals surface area contributed by atoms with E-state index >= 15 is 0 Å². The number of hydrogen-bond acceptors (Lipinski definition) is 5. The second kappa shape index (κ2) is 6.69. The average Bonchev–Trinajstić information content (AvgIpc) is 3.17. The number of aromatic nitrogens is 2. The first-order valence-electron chi connectivity index (χ1n) is 7.90. The summed E-state index contributed by atoms with van der Waals surface area (Å²) in [5, 5.41) is 16.5. The van der Waals surface area contributed by atoms with Crippen LogP contribution in [0.5, 0.6) is 11.5 Å². The molecule has 1 aromatic carbocycles. The van der Waals surface area contributed by atoms with Crippen LogP contribution in [-0.4, -0.2) is 22.5 Å². The first-order chi connectivity index (χ1) is 12.0. The van der Waals surface area contributed by atoms with Gasteiger partial charge >= 0.3 is 0 Å². The van der Waals surface area contributed by atoms with Crippen molar-refractivity contribution in [2.45, 2.75) is 27.3 Å². The summed E-state index contributed by atoms with van der Waals surface area (Å²) in [7, 11) is 0. The lowest BCUT2D eigenvalue weighted by atomic mass is 10.1. The average molecular weight is 338 g/mol. The number of nitriles is 1. The highest BCUT2D eigenvalue weighted by Crippen LogP contribution is 2.34. The molecule has 25 heavy (non-hydrogen) atoms. The van der Waals surface area contributed by atoms with Gasteiger partial charge in [-0.05, 0) is 39.0 Å². The topological polar surface area (TPSA) is 89.2 Å². The van der Waals surface area contributed by atoms with Gasteiger partial charge in [0, 0.05) is 29.6 Å². The van der Waals surface area contributed by atoms with Crippen LogP contribution in [0.15, 0.2) is 23.8 Å². The Morgan fingerprint density at radius 3 is 2.84 bits per heavy atom. The van der Waals surface area contributed by atoms with Crippen molar-refractivity contribution in [2.75, 3.05) is 12.1 Å². The van der Waals surface area contributed by atoms with Crippen molar-refractivity contribution < 1.29 is 14.3 Å². The summed E-state index contributed by atoms with van der Waals surface area (Å²) in [5.74, 6) is 0.716. The van der Waals surface area contributed by atoms with Gasteiger partial charge in [-0.25, -0.2) is 0 Å². The van der Waals surface area contributed by atoms with Crippen molar-refractivity contribution in [3.63, 3.8) is 0 Å². The predicted molar refractivity (Wildman–Crippen MR) is 92.2 cm³/mol. The number of nitrogens with one attached hydrogen (secondary N) is 1. The zero-order valence-corrected chi connectivity index (χ0v) is 14.3. The largest absolute Gasteiger partial charge is 0.454 e. The van der Waals surface area contributed by atoms with Crippen molar-refractivity contribution in [1.82, 2.24) is 9.78 Å². The molecule has 0 fully saturated rings. The van der Waals surface area contributed by atoms with E-state index < -0.39 is 5.91 Å². The molecule has 0 unspecified atom stereocenters. The quantitative estimate of drug-likeness (QED) is 0.684. The molecular weight excluding hydrogens is 320 g/mol. The molecule has 0 radical (unpaired) electrons. The number of ether oxygens (including phenoxy) is 2. The van der Waals surface area contributed by atoms with E-state index in [1.165, 1.54) is 0 Å². The lowest BCUT2D eigenvalue weighted by molar-refractivity contribution is -0.112. The van der Waals surface area contributed by atoms with E-state index in [4.69, 9.17) is 9.47 Å². The third-order valence-electron chi connectivity index (χ3n) is 4.02. The minimum atomic E-state index is -0.482. The Morgan fingerprint density at radius 2 is 2.16 bits per heavy atom. The van der Waals surface area contributed by atoms with E-state index in [0.717, 1.165) is 23.5 Å². The Morgan fingerprint density at radius 1 is 1.40 bits per heavy atom. The molecule has 1 aromatic heterocycles. The van der Waals surface area contributed by atoms with Crippen molar-refractivity contribution >= 4 is 17.7 Å². The fourth-order valence-corrected chi connectivity index (χ4v) is 2.69. The van der Waals surface area contributed by atoms with Crippen LogP contribution in [0.2, 0.25) is 0 Å². The molecule has 128 valence electrons. The monoisotopic (exact) mass is 338 g/mol. The summed E-state index contributed by atoms with van der Waals surface area (Å²) in [4.78, 5) is 12.4. The van der Waals surface area contributed by atoms with Gasteiger partial charge in [0.2, 0.25) is 6.79 Å². The van der Waals surface area contributed by atoms with Gasteiger partial charge < -0.3 is 14.8 Å². The number of fused-ring (bicyclic) bond motifs is 1. The molecule has 1 N–H and O–H groups in total. The molecule has 0 aliphatic carbocycles. The first kappa shape index (κ1) is 16.6. The maximum absolute atomic E-state index is 12.4. The number of amides is 1. The van der Waals surface area contributed by atoms with Crippen LogP contribution >= 0.6 is 0 Å². The molecule has 2 heterocycles. The summed E-state index contributed by atoms with van der Waals surface area (Å²) in [6, 6.07) is 7.04. The smallest absolute Gasteiger partial charge is 0.266 e. The fraction of sp³-hybridized carbons (Fsp3) is 0.278. The van der Waals surface area contributed by atoms with Crippen LogP contribution in [0.4, 0.5) is 5.69 Å². The third kappa shape index (κ3) is 3.19. The molecule has 1 amide bonds. The van der Waals surface area contributed by atoms with Gasteiger partial charge in [0.05, 0.1) is 5.69 Å². The lowest BCUT2D eigenvalue weighted by Crippen LogP contribution is -2.13. The number of carbonyl (C=O) groups is 1. The molecule has 7 nitrogen and oxygen atoms in total. The van der Waals surface area contributed by atoms with Gasteiger partial charge in [-0.1, -0.05) is 0 Å². The minimum absolute atomic E-state index is 0.0134. The SMILES string of the molecule is CCn1nc(C)c(/C=C(\C#N)C(=O)Nc2ccc3c(c2)OCO3)c1C. The van der Waals surface area contributed by atoms with E-state index in [-0.39, 0.29) is 12.4 Å². The number of aryl methyl sites for hydroxylation is 2. The molecule has 0 spiro atoms. The highest BCUT2D eigenvalue weighted by atomic mass is 16.7. The predicted octanol–water partition coefficient (Wildman–Crippen LogP) is 2.79. The van der Waals surface area contributed by atoms with Crippen LogP contribution in [0.1, 0.15) is 23.9 Å². The number of hydrogen-bond donors (Lipinski definition) is 1. The molecule has 3 rings (SSSR count). The van der Waals surface area contributed by atoms with Crippen molar-refractivity contribution in [3.8, 4) is 17.6 Å². The van der Waals surface area contributed by atoms with Crippen LogP contribution in [-0.2, 0) is 11.3 Å². The molecule has 0 saturated carbocycles. The Bertz CT molecular complexity index is 906. The maximum atomic E-state index is 12.4. The molecule has 0 bridgehead atoms. The second-order valence-electron chi connectivity index (χ2n) is 5.59. The van der Waals surface area contributed by atoms with Crippen molar-refractivity contribution in [2.24, 2.45) is 0 Å². The molecule has 0 atom stereocenters. The standard InChI is InChI=1S/C18H18N4O3/c1-4-22-12(3)15(11(2)21-22)7-13(9-19)18(23)20-14-5-6-16-17(8-14)25-10-24-16/h5-8H,4,10H2,1-3H3,(H,20,23)/b13-7+. The van der Waals surface area contributed by atoms with E-state index in [1.54, 1.807) is 24.3 Å². The molecule has 0 saturated heterocycles. The minimum Gasteiger partial charge on any atom is -0.454 e. The zero-order chi connectivity index (χ0) is 18.0. The highest BCUT2D eigenvalue weighted by Gasteiger charge is 2.17. The normalized spacial score (nSPS) is 12.8. The van der Waals surface area contributed by atoms with Crippen molar-refractivity contribution in [1.29, 1.82) is 5.26 Å². The first-order valence-corrected chi connectivity index (χ1v) is 7.90. The van der Waals surface area contributed by atoms with Gasteiger partial charge in [-0.15, -0.1) is 0 Å². The Kier molecular flexibility index (Phi) is 4.44. The Balaban J connectivity index is 1.85. The van der Waals surface area contributed by atoms with Crippen LogP contribution in [0.3, 0.4) is 0 Å². The third-order valence-corrected chi connectivity index (χ3v) is 4.02.